The van der Waals surface area contributed by atoms with Gasteiger partial charge in [-0.15, -0.1) is 0 Å². The number of nitrogens with zero attached hydrogens (tertiary/aromatic N) is 2. The molecule has 98 valence electrons. The van der Waals surface area contributed by atoms with Gasteiger partial charge in [-0.05, 0) is 25.5 Å². The van der Waals surface area contributed by atoms with Gasteiger partial charge in [0.15, 0.2) is 0 Å². The van der Waals surface area contributed by atoms with Crippen molar-refractivity contribution in [1.82, 2.24) is 9.88 Å². The largest absolute Gasteiger partial charge is 0.397 e. The number of likely N-dealkylation sites (tertiary alicyclic amines) is 1. The third kappa shape index (κ3) is 2.98. The van der Waals surface area contributed by atoms with E-state index in [1.54, 1.807) is 30.2 Å². The van der Waals surface area contributed by atoms with E-state index in [1.165, 1.54) is 0 Å². The monoisotopic (exact) mass is 249 g/mol. The Kier molecular flexibility index (Phi) is 3.81. The van der Waals surface area contributed by atoms with Gasteiger partial charge in [0.05, 0.1) is 24.4 Å². The van der Waals surface area contributed by atoms with Crippen molar-refractivity contribution in [3.05, 3.63) is 24.0 Å². The molecule has 5 nitrogen and oxygen atoms in total. The van der Waals surface area contributed by atoms with Crippen LogP contribution in [0.2, 0.25) is 0 Å². The van der Waals surface area contributed by atoms with Crippen LogP contribution in [-0.4, -0.2) is 40.1 Å². The van der Waals surface area contributed by atoms with E-state index in [0.717, 1.165) is 18.7 Å². The molecule has 0 bridgehead atoms. The summed E-state index contributed by atoms with van der Waals surface area (Å²) < 4.78 is 0. The first kappa shape index (κ1) is 12.8. The second kappa shape index (κ2) is 5.35. The number of aliphatic hydroxyl groups is 1. The molecule has 0 aliphatic carbocycles. The third-order valence-corrected chi connectivity index (χ3v) is 3.44. The number of rotatable bonds is 3. The second-order valence-corrected chi connectivity index (χ2v) is 4.89. The summed E-state index contributed by atoms with van der Waals surface area (Å²) in [5.74, 6) is 0.267. The minimum atomic E-state index is -0.350. The van der Waals surface area contributed by atoms with E-state index in [9.17, 15) is 9.90 Å². The van der Waals surface area contributed by atoms with Gasteiger partial charge in [-0.25, -0.2) is 0 Å². The molecule has 5 heteroatoms. The smallest absolute Gasteiger partial charge is 0.228 e. The van der Waals surface area contributed by atoms with Crippen LogP contribution >= 0.6 is 0 Å². The van der Waals surface area contributed by atoms with Crippen molar-refractivity contribution in [2.24, 2.45) is 5.92 Å². The average molecular weight is 249 g/mol. The predicted octanol–water partition coefficient (Wildman–Crippen LogP) is 0.436. The van der Waals surface area contributed by atoms with E-state index in [2.05, 4.69) is 4.98 Å². The molecule has 2 unspecified atom stereocenters. The van der Waals surface area contributed by atoms with Crippen molar-refractivity contribution >= 4 is 11.6 Å². The van der Waals surface area contributed by atoms with Crippen molar-refractivity contribution < 1.29 is 9.90 Å². The van der Waals surface area contributed by atoms with Crippen LogP contribution in [-0.2, 0) is 11.2 Å². The first-order chi connectivity index (χ1) is 8.56. The zero-order valence-corrected chi connectivity index (χ0v) is 10.5. The van der Waals surface area contributed by atoms with Crippen molar-refractivity contribution in [2.45, 2.75) is 25.9 Å². The Morgan fingerprint density at radius 2 is 2.44 bits per heavy atom. The van der Waals surface area contributed by atoms with Gasteiger partial charge in [-0.3, -0.25) is 9.78 Å². The molecule has 1 saturated heterocycles. The van der Waals surface area contributed by atoms with E-state index >= 15 is 0 Å². The molecule has 0 saturated carbocycles. The van der Waals surface area contributed by atoms with Gasteiger partial charge < -0.3 is 15.7 Å². The molecule has 2 atom stereocenters. The highest BCUT2D eigenvalue weighted by molar-refractivity contribution is 5.78. The molecule has 0 spiro atoms. The van der Waals surface area contributed by atoms with Gasteiger partial charge >= 0.3 is 0 Å². The van der Waals surface area contributed by atoms with E-state index in [4.69, 9.17) is 5.73 Å². The third-order valence-electron chi connectivity index (χ3n) is 3.44. The van der Waals surface area contributed by atoms with Gasteiger partial charge in [0, 0.05) is 24.7 Å². The fourth-order valence-corrected chi connectivity index (χ4v) is 2.21. The van der Waals surface area contributed by atoms with E-state index < -0.39 is 0 Å². The second-order valence-electron chi connectivity index (χ2n) is 4.89. The molecule has 1 aliphatic heterocycles. The normalized spacial score (nSPS) is 21.0. The summed E-state index contributed by atoms with van der Waals surface area (Å²) in [4.78, 5) is 18.0. The molecule has 2 heterocycles. The van der Waals surface area contributed by atoms with Gasteiger partial charge in [-0.1, -0.05) is 0 Å². The predicted molar refractivity (Wildman–Crippen MR) is 68.7 cm³/mol. The van der Waals surface area contributed by atoms with Crippen molar-refractivity contribution in [3.8, 4) is 0 Å². The van der Waals surface area contributed by atoms with Gasteiger partial charge in [0.1, 0.15) is 0 Å². The van der Waals surface area contributed by atoms with Crippen LogP contribution < -0.4 is 5.73 Å². The summed E-state index contributed by atoms with van der Waals surface area (Å²) in [6.07, 6.45) is 2.38. The Balaban J connectivity index is 1.91. The maximum atomic E-state index is 12.0. The minimum absolute atomic E-state index is 0.0652. The summed E-state index contributed by atoms with van der Waals surface area (Å²) in [5.41, 5.74) is 6.88. The number of aliphatic hydroxyl groups excluding tert-OH is 1. The van der Waals surface area contributed by atoms with Gasteiger partial charge in [-0.2, -0.15) is 0 Å². The fourth-order valence-electron chi connectivity index (χ4n) is 2.21. The molecule has 1 fully saturated rings. The first-order valence-electron chi connectivity index (χ1n) is 6.22. The number of amides is 1. The number of hydrogen-bond donors (Lipinski definition) is 2. The van der Waals surface area contributed by atoms with Crippen molar-refractivity contribution in [1.29, 1.82) is 0 Å². The summed E-state index contributed by atoms with van der Waals surface area (Å²) in [6.45, 7) is 3.15. The number of hydrogen-bond acceptors (Lipinski definition) is 4. The van der Waals surface area contributed by atoms with Crippen LogP contribution in [0, 0.1) is 5.92 Å². The first-order valence-corrected chi connectivity index (χ1v) is 6.22. The lowest BCUT2D eigenvalue weighted by atomic mass is 10.0. The van der Waals surface area contributed by atoms with Crippen molar-refractivity contribution in [2.75, 3.05) is 18.8 Å². The molecule has 0 radical (unpaired) electrons. The Labute approximate surface area is 107 Å². The zero-order valence-electron chi connectivity index (χ0n) is 10.5. The maximum Gasteiger partial charge on any atom is 0.228 e. The quantitative estimate of drug-likeness (QED) is 0.814. The molecule has 18 heavy (non-hydrogen) atoms. The Morgan fingerprint density at radius 3 is 3.00 bits per heavy atom. The summed E-state index contributed by atoms with van der Waals surface area (Å²) in [6, 6.07) is 3.52. The van der Waals surface area contributed by atoms with Gasteiger partial charge in [0.2, 0.25) is 5.91 Å². The Bertz CT molecular complexity index is 417. The molecule has 1 amide bonds. The number of nitrogens with two attached hydrogens (primary N) is 1. The summed E-state index contributed by atoms with van der Waals surface area (Å²) in [7, 11) is 0. The van der Waals surface area contributed by atoms with Crippen LogP contribution in [0.25, 0.3) is 0 Å². The van der Waals surface area contributed by atoms with Crippen molar-refractivity contribution in [3.63, 3.8) is 0 Å². The van der Waals surface area contributed by atoms with E-state index in [-0.39, 0.29) is 17.9 Å². The highest BCUT2D eigenvalue weighted by Crippen LogP contribution is 2.20. The molecule has 1 aliphatic rings. The molecule has 3 N–H and O–H groups in total. The lowest BCUT2D eigenvalue weighted by Gasteiger charge is -2.17. The number of carbonyl (C=O) groups is 1. The number of nitrogen functional groups attached to an aromatic ring is 1. The fraction of sp³-hybridized carbons (Fsp3) is 0.538. The lowest BCUT2D eigenvalue weighted by molar-refractivity contribution is -0.129. The number of aromatic nitrogens is 1. The molecule has 2 rings (SSSR count). The van der Waals surface area contributed by atoms with Crippen LogP contribution in [0.3, 0.4) is 0 Å². The minimum Gasteiger partial charge on any atom is -0.397 e. The molecule has 0 aromatic carbocycles. The Morgan fingerprint density at radius 1 is 1.67 bits per heavy atom. The number of anilines is 1. The molecular formula is C13H19N3O2. The van der Waals surface area contributed by atoms with Gasteiger partial charge in [0.25, 0.3) is 0 Å². The standard InChI is InChI=1S/C13H19N3O2/c1-9(17)10-4-5-16(8-10)13(18)6-12-3-2-11(14)7-15-12/h2-3,7,9-10,17H,4-6,8,14H2,1H3. The highest BCUT2D eigenvalue weighted by atomic mass is 16.3. The molecular weight excluding hydrogens is 230 g/mol. The molecule has 1 aromatic rings. The van der Waals surface area contributed by atoms with E-state index in [1.807, 2.05) is 0 Å². The summed E-state index contributed by atoms with van der Waals surface area (Å²) in [5, 5.41) is 9.51. The van der Waals surface area contributed by atoms with E-state index in [0.29, 0.717) is 18.7 Å². The van der Waals surface area contributed by atoms with Crippen LogP contribution in [0.1, 0.15) is 19.0 Å². The molecule has 1 aromatic heterocycles. The van der Waals surface area contributed by atoms with Crippen LogP contribution in [0.4, 0.5) is 5.69 Å². The zero-order chi connectivity index (χ0) is 13.1. The Hall–Kier alpha value is -1.62. The average Bonchev–Trinajstić information content (AvgIpc) is 2.81. The maximum absolute atomic E-state index is 12.0. The number of carbonyl (C=O) groups excluding carboxylic acids is 1. The van der Waals surface area contributed by atoms with Crippen LogP contribution in [0.5, 0.6) is 0 Å². The highest BCUT2D eigenvalue weighted by Gasteiger charge is 2.28. The summed E-state index contributed by atoms with van der Waals surface area (Å²) >= 11 is 0. The lowest BCUT2D eigenvalue weighted by Crippen LogP contribution is -2.31. The SMILES string of the molecule is CC(O)C1CCN(C(=O)Cc2ccc(N)cn2)C1. The van der Waals surface area contributed by atoms with Crippen LogP contribution in [0.15, 0.2) is 18.3 Å². The number of pyridine rings is 1. The topological polar surface area (TPSA) is 79.5 Å².